The second-order valence-electron chi connectivity index (χ2n) is 8.78. The molecule has 0 heterocycles. The highest BCUT2D eigenvalue weighted by Crippen LogP contribution is 2.25. The van der Waals surface area contributed by atoms with Crippen LogP contribution in [0.3, 0.4) is 0 Å². The van der Waals surface area contributed by atoms with Crippen molar-refractivity contribution in [2.24, 2.45) is 0 Å². The Bertz CT molecular complexity index is 1110. The topological polar surface area (TPSA) is 86.8 Å². The van der Waals surface area contributed by atoms with Crippen LogP contribution in [-0.4, -0.2) is 50.0 Å². The highest BCUT2D eigenvalue weighted by Gasteiger charge is 2.31. The van der Waals surface area contributed by atoms with Crippen LogP contribution in [0.5, 0.6) is 0 Å². The fourth-order valence-electron chi connectivity index (χ4n) is 3.56. The molecular formula is C25H35N3O4S. The lowest BCUT2D eigenvalue weighted by Crippen LogP contribution is -2.52. The molecule has 0 spiro atoms. The maximum atomic E-state index is 13.6. The molecule has 0 aromatic heterocycles. The minimum atomic E-state index is -3.75. The molecule has 2 rings (SSSR count). The summed E-state index contributed by atoms with van der Waals surface area (Å²) in [5.41, 5.74) is 4.05. The molecule has 1 atom stereocenters. The summed E-state index contributed by atoms with van der Waals surface area (Å²) in [5, 5.41) is 2.85. The number of nitrogens with zero attached hydrogens (tertiary/aromatic N) is 2. The second kappa shape index (κ2) is 10.8. The standard InChI is InChI=1S/C25H35N3O4S/c1-17(2)26-25(30)21(6)27(15-22-13-9-8-11-19(22)4)24(29)16-28(33(7,31)32)23-14-10-12-18(3)20(23)5/h8-14,17,21H,15-16H2,1-7H3,(H,26,30)/t21-/m1/s1. The Morgan fingerprint density at radius 2 is 1.55 bits per heavy atom. The van der Waals surface area contributed by atoms with Gasteiger partial charge in [-0.3, -0.25) is 13.9 Å². The minimum Gasteiger partial charge on any atom is -0.352 e. The largest absolute Gasteiger partial charge is 0.352 e. The van der Waals surface area contributed by atoms with Gasteiger partial charge in [-0.2, -0.15) is 0 Å². The summed E-state index contributed by atoms with van der Waals surface area (Å²) in [4.78, 5) is 27.8. The van der Waals surface area contributed by atoms with Gasteiger partial charge in [0.15, 0.2) is 0 Å². The molecule has 0 bridgehead atoms. The summed E-state index contributed by atoms with van der Waals surface area (Å²) < 4.78 is 26.5. The van der Waals surface area contributed by atoms with Crippen LogP contribution in [0.4, 0.5) is 5.69 Å². The van der Waals surface area contributed by atoms with E-state index in [-0.39, 0.29) is 18.5 Å². The number of anilines is 1. The van der Waals surface area contributed by atoms with Crippen molar-refractivity contribution in [2.75, 3.05) is 17.1 Å². The average molecular weight is 474 g/mol. The fraction of sp³-hybridized carbons (Fsp3) is 0.440. The first-order valence-corrected chi connectivity index (χ1v) is 12.9. The summed E-state index contributed by atoms with van der Waals surface area (Å²) in [6.45, 7) is 10.8. The number of carbonyl (C=O) groups is 2. The number of hydrogen-bond acceptors (Lipinski definition) is 4. The first-order valence-electron chi connectivity index (χ1n) is 11.0. The lowest BCUT2D eigenvalue weighted by Gasteiger charge is -2.32. The van der Waals surface area contributed by atoms with E-state index in [1.807, 2.05) is 65.0 Å². The third kappa shape index (κ3) is 6.81. The van der Waals surface area contributed by atoms with Gasteiger partial charge in [0.2, 0.25) is 21.8 Å². The average Bonchev–Trinajstić information content (AvgIpc) is 2.71. The van der Waals surface area contributed by atoms with Gasteiger partial charge in [-0.15, -0.1) is 0 Å². The molecule has 8 heteroatoms. The second-order valence-corrected chi connectivity index (χ2v) is 10.7. The summed E-state index contributed by atoms with van der Waals surface area (Å²) in [7, 11) is -3.75. The molecule has 0 unspecified atom stereocenters. The molecule has 0 saturated carbocycles. The van der Waals surface area contributed by atoms with E-state index >= 15 is 0 Å². The minimum absolute atomic E-state index is 0.0853. The van der Waals surface area contributed by atoms with Gasteiger partial charge in [-0.25, -0.2) is 8.42 Å². The molecule has 2 amide bonds. The van der Waals surface area contributed by atoms with Gasteiger partial charge in [-0.05, 0) is 69.9 Å². The van der Waals surface area contributed by atoms with E-state index in [4.69, 9.17) is 0 Å². The van der Waals surface area contributed by atoms with Crippen LogP contribution < -0.4 is 9.62 Å². The monoisotopic (exact) mass is 473 g/mol. The van der Waals surface area contributed by atoms with E-state index in [0.717, 1.165) is 32.8 Å². The molecule has 0 saturated heterocycles. The Morgan fingerprint density at radius 1 is 0.939 bits per heavy atom. The van der Waals surface area contributed by atoms with Crippen LogP contribution in [0.25, 0.3) is 0 Å². The van der Waals surface area contributed by atoms with Gasteiger partial charge < -0.3 is 10.2 Å². The predicted molar refractivity (Wildman–Crippen MR) is 133 cm³/mol. The number of sulfonamides is 1. The summed E-state index contributed by atoms with van der Waals surface area (Å²) in [5.74, 6) is -0.736. The Hall–Kier alpha value is -2.87. The smallest absolute Gasteiger partial charge is 0.244 e. The third-order valence-corrected chi connectivity index (χ3v) is 6.85. The van der Waals surface area contributed by atoms with E-state index in [1.54, 1.807) is 19.1 Å². The number of hydrogen-bond donors (Lipinski definition) is 1. The quantitative estimate of drug-likeness (QED) is 0.605. The molecule has 0 fully saturated rings. The summed E-state index contributed by atoms with van der Waals surface area (Å²) in [6.07, 6.45) is 1.09. The van der Waals surface area contributed by atoms with Gasteiger partial charge in [0.05, 0.1) is 11.9 Å². The molecule has 1 N–H and O–H groups in total. The fourth-order valence-corrected chi connectivity index (χ4v) is 4.46. The van der Waals surface area contributed by atoms with Crippen LogP contribution in [0, 0.1) is 20.8 Å². The number of amides is 2. The van der Waals surface area contributed by atoms with Crippen molar-refractivity contribution < 1.29 is 18.0 Å². The number of aryl methyl sites for hydroxylation is 2. The molecule has 180 valence electrons. The van der Waals surface area contributed by atoms with E-state index in [2.05, 4.69) is 5.32 Å². The SMILES string of the molecule is Cc1ccccc1CN(C(=O)CN(c1cccc(C)c1C)S(C)(=O)=O)[C@H](C)C(=O)NC(C)C. The molecule has 0 radical (unpaired) electrons. The summed E-state index contributed by atoms with van der Waals surface area (Å²) in [6, 6.07) is 12.1. The van der Waals surface area contributed by atoms with Crippen molar-refractivity contribution >= 4 is 27.5 Å². The van der Waals surface area contributed by atoms with Gasteiger partial charge in [0.1, 0.15) is 12.6 Å². The van der Waals surface area contributed by atoms with E-state index in [0.29, 0.717) is 5.69 Å². The Kier molecular flexibility index (Phi) is 8.66. The maximum absolute atomic E-state index is 13.6. The zero-order chi connectivity index (χ0) is 24.9. The van der Waals surface area contributed by atoms with E-state index < -0.39 is 28.5 Å². The zero-order valence-corrected chi connectivity index (χ0v) is 21.4. The lowest BCUT2D eigenvalue weighted by atomic mass is 10.1. The molecular weight excluding hydrogens is 438 g/mol. The Morgan fingerprint density at radius 3 is 2.12 bits per heavy atom. The molecule has 7 nitrogen and oxygen atoms in total. The first kappa shape index (κ1) is 26.4. The van der Waals surface area contributed by atoms with Crippen LogP contribution in [0.1, 0.15) is 43.0 Å². The molecule has 0 aliphatic rings. The van der Waals surface area contributed by atoms with Crippen molar-refractivity contribution in [3.8, 4) is 0 Å². The molecule has 0 aliphatic carbocycles. The van der Waals surface area contributed by atoms with Gasteiger partial charge in [0, 0.05) is 12.6 Å². The summed E-state index contributed by atoms with van der Waals surface area (Å²) >= 11 is 0. The number of rotatable bonds is 9. The highest BCUT2D eigenvalue weighted by molar-refractivity contribution is 7.92. The third-order valence-electron chi connectivity index (χ3n) is 5.72. The van der Waals surface area contributed by atoms with Crippen LogP contribution in [0.2, 0.25) is 0 Å². The lowest BCUT2D eigenvalue weighted by molar-refractivity contribution is -0.139. The number of carbonyl (C=O) groups excluding carboxylic acids is 2. The zero-order valence-electron chi connectivity index (χ0n) is 20.5. The van der Waals surface area contributed by atoms with Crippen molar-refractivity contribution in [1.82, 2.24) is 10.2 Å². The molecule has 2 aromatic rings. The number of nitrogens with one attached hydrogen (secondary N) is 1. The van der Waals surface area contributed by atoms with Gasteiger partial charge >= 0.3 is 0 Å². The predicted octanol–water partition coefficient (Wildman–Crippen LogP) is 3.32. The Balaban J connectivity index is 2.45. The van der Waals surface area contributed by atoms with Gasteiger partial charge in [0.25, 0.3) is 0 Å². The number of benzene rings is 2. The molecule has 33 heavy (non-hydrogen) atoms. The van der Waals surface area contributed by atoms with E-state index in [9.17, 15) is 18.0 Å². The molecule has 2 aromatic carbocycles. The van der Waals surface area contributed by atoms with Crippen molar-refractivity contribution in [3.05, 3.63) is 64.7 Å². The Labute approximate surface area is 197 Å². The van der Waals surface area contributed by atoms with Crippen LogP contribution in [-0.2, 0) is 26.2 Å². The van der Waals surface area contributed by atoms with E-state index in [1.165, 1.54) is 4.90 Å². The van der Waals surface area contributed by atoms with Gasteiger partial charge in [-0.1, -0.05) is 36.4 Å². The normalized spacial score (nSPS) is 12.4. The van der Waals surface area contributed by atoms with Crippen LogP contribution in [0.15, 0.2) is 42.5 Å². The van der Waals surface area contributed by atoms with Crippen molar-refractivity contribution in [2.45, 2.75) is 60.2 Å². The molecule has 0 aliphatic heterocycles. The highest BCUT2D eigenvalue weighted by atomic mass is 32.2. The van der Waals surface area contributed by atoms with Crippen molar-refractivity contribution in [3.63, 3.8) is 0 Å². The maximum Gasteiger partial charge on any atom is 0.244 e. The van der Waals surface area contributed by atoms with Crippen LogP contribution >= 0.6 is 0 Å². The first-order chi connectivity index (χ1) is 15.3. The van der Waals surface area contributed by atoms with Crippen molar-refractivity contribution in [1.29, 1.82) is 0 Å².